The average Bonchev–Trinajstić information content (AvgIpc) is 2.82. The predicted molar refractivity (Wildman–Crippen MR) is 76.0 cm³/mol. The van der Waals surface area contributed by atoms with E-state index in [1.807, 2.05) is 0 Å². The Hall–Kier alpha value is -1.31. The van der Waals surface area contributed by atoms with Gasteiger partial charge in [0.25, 0.3) is 0 Å². The summed E-state index contributed by atoms with van der Waals surface area (Å²) in [7, 11) is 0. The molecule has 96 valence electrons. The summed E-state index contributed by atoms with van der Waals surface area (Å²) in [5.41, 5.74) is 3.71. The van der Waals surface area contributed by atoms with Crippen LogP contribution < -0.4 is 0 Å². The number of aromatic amines is 1. The van der Waals surface area contributed by atoms with Crippen LogP contribution in [0.5, 0.6) is 0 Å². The highest BCUT2D eigenvalue weighted by molar-refractivity contribution is 5.76. The van der Waals surface area contributed by atoms with Gasteiger partial charge in [-0.25, -0.2) is 4.98 Å². The van der Waals surface area contributed by atoms with Gasteiger partial charge in [-0.05, 0) is 36.5 Å². The molecule has 1 N–H and O–H groups in total. The lowest BCUT2D eigenvalue weighted by atomic mass is 9.89. The van der Waals surface area contributed by atoms with Gasteiger partial charge in [0.05, 0.1) is 11.0 Å². The van der Waals surface area contributed by atoms with E-state index < -0.39 is 0 Å². The van der Waals surface area contributed by atoms with Gasteiger partial charge in [0.2, 0.25) is 0 Å². The number of benzene rings is 1. The number of nitrogens with zero attached hydrogens (tertiary/aromatic N) is 1. The van der Waals surface area contributed by atoms with Crippen LogP contribution in [0, 0.1) is 0 Å². The summed E-state index contributed by atoms with van der Waals surface area (Å²) in [6.45, 7) is 4.46. The molecule has 1 heterocycles. The van der Waals surface area contributed by atoms with Crippen molar-refractivity contribution in [2.75, 3.05) is 0 Å². The van der Waals surface area contributed by atoms with Gasteiger partial charge in [-0.15, -0.1) is 0 Å². The van der Waals surface area contributed by atoms with Gasteiger partial charge in [-0.3, -0.25) is 0 Å². The first-order valence-electron chi connectivity index (χ1n) is 7.23. The van der Waals surface area contributed by atoms with Gasteiger partial charge < -0.3 is 4.98 Å². The van der Waals surface area contributed by atoms with Crippen LogP contribution in [0.2, 0.25) is 0 Å². The minimum absolute atomic E-state index is 0.573. The highest BCUT2D eigenvalue weighted by Gasteiger charge is 2.18. The summed E-state index contributed by atoms with van der Waals surface area (Å²) >= 11 is 0. The standard InChI is InChI=1S/C16H22N2/c1-11(2)13-8-9-14-15(10-13)18-16(17-14)12-6-4-3-5-7-12/h8-12H,3-7H2,1-2H3,(H,17,18). The molecule has 0 amide bonds. The molecule has 1 aromatic heterocycles. The zero-order valence-corrected chi connectivity index (χ0v) is 11.4. The minimum Gasteiger partial charge on any atom is -0.342 e. The Balaban J connectivity index is 1.94. The van der Waals surface area contributed by atoms with Crippen LogP contribution in [-0.2, 0) is 0 Å². The highest BCUT2D eigenvalue weighted by Crippen LogP contribution is 2.32. The van der Waals surface area contributed by atoms with Gasteiger partial charge in [0.1, 0.15) is 5.82 Å². The lowest BCUT2D eigenvalue weighted by Gasteiger charge is -2.18. The topological polar surface area (TPSA) is 28.7 Å². The molecule has 1 aliphatic carbocycles. The van der Waals surface area contributed by atoms with Gasteiger partial charge in [-0.1, -0.05) is 39.2 Å². The second kappa shape index (κ2) is 4.75. The predicted octanol–water partition coefficient (Wildman–Crippen LogP) is 4.73. The molecular formula is C16H22N2. The Morgan fingerprint density at radius 2 is 1.94 bits per heavy atom. The molecule has 0 aliphatic heterocycles. The third-order valence-corrected chi connectivity index (χ3v) is 4.18. The van der Waals surface area contributed by atoms with E-state index in [9.17, 15) is 0 Å². The molecule has 1 aromatic carbocycles. The number of aromatic nitrogens is 2. The molecule has 2 aromatic rings. The van der Waals surface area contributed by atoms with E-state index in [0.29, 0.717) is 11.8 Å². The normalized spacial score (nSPS) is 17.7. The second-order valence-electron chi connectivity index (χ2n) is 5.89. The number of imidazole rings is 1. The smallest absolute Gasteiger partial charge is 0.110 e. The molecule has 1 fully saturated rings. The fourth-order valence-corrected chi connectivity index (χ4v) is 2.97. The summed E-state index contributed by atoms with van der Waals surface area (Å²) in [6, 6.07) is 6.64. The van der Waals surface area contributed by atoms with Gasteiger partial charge in [0.15, 0.2) is 0 Å². The first kappa shape index (κ1) is 11.8. The van der Waals surface area contributed by atoms with Crippen molar-refractivity contribution in [1.29, 1.82) is 0 Å². The largest absolute Gasteiger partial charge is 0.342 e. The molecule has 3 rings (SSSR count). The van der Waals surface area contributed by atoms with Crippen molar-refractivity contribution in [3.05, 3.63) is 29.6 Å². The molecule has 0 atom stereocenters. The molecule has 1 saturated carbocycles. The highest BCUT2D eigenvalue weighted by atomic mass is 14.9. The zero-order chi connectivity index (χ0) is 12.5. The molecule has 2 nitrogen and oxygen atoms in total. The lowest BCUT2D eigenvalue weighted by molar-refractivity contribution is 0.431. The fourth-order valence-electron chi connectivity index (χ4n) is 2.97. The average molecular weight is 242 g/mol. The van der Waals surface area contributed by atoms with Crippen LogP contribution in [0.25, 0.3) is 11.0 Å². The minimum atomic E-state index is 0.573. The van der Waals surface area contributed by atoms with E-state index in [0.717, 1.165) is 5.52 Å². The van der Waals surface area contributed by atoms with Crippen molar-refractivity contribution in [2.45, 2.75) is 57.8 Å². The molecule has 0 bridgehead atoms. The van der Waals surface area contributed by atoms with E-state index in [2.05, 4.69) is 37.0 Å². The maximum atomic E-state index is 4.82. The first-order chi connectivity index (χ1) is 8.74. The molecule has 0 unspecified atom stereocenters. The number of nitrogens with one attached hydrogen (secondary N) is 1. The third kappa shape index (κ3) is 2.16. The summed E-state index contributed by atoms with van der Waals surface area (Å²) in [6.07, 6.45) is 6.72. The van der Waals surface area contributed by atoms with Crippen LogP contribution in [0.1, 0.15) is 69.2 Å². The van der Waals surface area contributed by atoms with Crippen LogP contribution in [0.15, 0.2) is 18.2 Å². The van der Waals surface area contributed by atoms with E-state index in [1.54, 1.807) is 0 Å². The molecule has 0 spiro atoms. The van der Waals surface area contributed by atoms with E-state index in [4.69, 9.17) is 4.98 Å². The van der Waals surface area contributed by atoms with Crippen molar-refractivity contribution in [3.8, 4) is 0 Å². The van der Waals surface area contributed by atoms with Crippen LogP contribution in [0.3, 0.4) is 0 Å². The van der Waals surface area contributed by atoms with Gasteiger partial charge >= 0.3 is 0 Å². The zero-order valence-electron chi connectivity index (χ0n) is 11.4. The van der Waals surface area contributed by atoms with Crippen molar-refractivity contribution in [2.24, 2.45) is 0 Å². The van der Waals surface area contributed by atoms with Crippen molar-refractivity contribution >= 4 is 11.0 Å². The SMILES string of the molecule is CC(C)c1ccc2[nH]c(C3CCCCC3)nc2c1. The van der Waals surface area contributed by atoms with Crippen LogP contribution in [0.4, 0.5) is 0 Å². The maximum absolute atomic E-state index is 4.82. The first-order valence-corrected chi connectivity index (χ1v) is 7.23. The van der Waals surface area contributed by atoms with E-state index >= 15 is 0 Å². The monoisotopic (exact) mass is 242 g/mol. The van der Waals surface area contributed by atoms with Crippen molar-refractivity contribution in [1.82, 2.24) is 9.97 Å². The van der Waals surface area contributed by atoms with Crippen molar-refractivity contribution < 1.29 is 0 Å². The van der Waals surface area contributed by atoms with Crippen LogP contribution >= 0.6 is 0 Å². The fraction of sp³-hybridized carbons (Fsp3) is 0.562. The summed E-state index contributed by atoms with van der Waals surface area (Å²) in [5.74, 6) is 2.45. The van der Waals surface area contributed by atoms with E-state index in [-0.39, 0.29) is 0 Å². The Labute approximate surface area is 109 Å². The van der Waals surface area contributed by atoms with E-state index in [1.165, 1.54) is 49.0 Å². The quantitative estimate of drug-likeness (QED) is 0.810. The Morgan fingerprint density at radius 3 is 2.67 bits per heavy atom. The Kier molecular flexibility index (Phi) is 3.11. The van der Waals surface area contributed by atoms with Crippen molar-refractivity contribution in [3.63, 3.8) is 0 Å². The Morgan fingerprint density at radius 1 is 1.17 bits per heavy atom. The number of hydrogen-bond acceptors (Lipinski definition) is 1. The number of rotatable bonds is 2. The Bertz CT molecular complexity index is 533. The second-order valence-corrected chi connectivity index (χ2v) is 5.89. The number of H-pyrrole nitrogens is 1. The number of fused-ring (bicyclic) bond motifs is 1. The molecule has 2 heteroatoms. The number of hydrogen-bond donors (Lipinski definition) is 1. The molecule has 1 aliphatic rings. The molecule has 18 heavy (non-hydrogen) atoms. The van der Waals surface area contributed by atoms with Gasteiger partial charge in [0, 0.05) is 5.92 Å². The van der Waals surface area contributed by atoms with Gasteiger partial charge in [-0.2, -0.15) is 0 Å². The third-order valence-electron chi connectivity index (χ3n) is 4.18. The molecular weight excluding hydrogens is 220 g/mol. The lowest BCUT2D eigenvalue weighted by Crippen LogP contribution is -2.05. The summed E-state index contributed by atoms with van der Waals surface area (Å²) in [5, 5.41) is 0. The molecule has 0 radical (unpaired) electrons. The van der Waals surface area contributed by atoms with Crippen LogP contribution in [-0.4, -0.2) is 9.97 Å². The maximum Gasteiger partial charge on any atom is 0.110 e. The summed E-state index contributed by atoms with van der Waals surface area (Å²) in [4.78, 5) is 8.34. The molecule has 0 saturated heterocycles. The summed E-state index contributed by atoms with van der Waals surface area (Å²) < 4.78 is 0.